The number of hydrogen-bond donors (Lipinski definition) is 1. The molecule has 1 amide bonds. The molecule has 1 aliphatic heterocycles. The first-order valence-electron chi connectivity index (χ1n) is 13.2. The van der Waals surface area contributed by atoms with Crippen molar-refractivity contribution in [1.82, 2.24) is 9.80 Å². The number of nitrogens with one attached hydrogen (secondary N) is 1. The minimum absolute atomic E-state index is 0.0394. The molecule has 1 heterocycles. The number of rotatable bonds is 10. The molecule has 0 bridgehead atoms. The van der Waals surface area contributed by atoms with Gasteiger partial charge in [-0.05, 0) is 33.3 Å². The van der Waals surface area contributed by atoms with Crippen molar-refractivity contribution >= 4 is 23.7 Å². The highest BCUT2D eigenvalue weighted by Crippen LogP contribution is 2.41. The molecule has 0 aliphatic carbocycles. The summed E-state index contributed by atoms with van der Waals surface area (Å²) >= 11 is 0. The monoisotopic (exact) mass is 653 g/mol. The zero-order valence-corrected chi connectivity index (χ0v) is 23.9. The fraction of sp³-hybridized carbons (Fsp3) is 0.654. The lowest BCUT2D eigenvalue weighted by Crippen LogP contribution is -2.54. The average Bonchev–Trinajstić information content (AvgIpc) is 2.88. The third kappa shape index (κ3) is 10.9. The van der Waals surface area contributed by atoms with Gasteiger partial charge in [-0.15, -0.1) is 0 Å². The van der Waals surface area contributed by atoms with Crippen molar-refractivity contribution in [2.75, 3.05) is 44.8 Å². The Bertz CT molecular complexity index is 1110. The number of amides is 1. The van der Waals surface area contributed by atoms with Crippen LogP contribution < -0.4 is 5.32 Å². The number of esters is 2. The summed E-state index contributed by atoms with van der Waals surface area (Å²) in [4.78, 5) is 37.0. The Morgan fingerprint density at radius 2 is 1.41 bits per heavy atom. The fourth-order valence-electron chi connectivity index (χ4n) is 4.03. The number of ether oxygens (including phenoxy) is 3. The second kappa shape index (κ2) is 14.6. The maximum atomic E-state index is 14.3. The average molecular weight is 654 g/mol. The summed E-state index contributed by atoms with van der Waals surface area (Å²) in [6, 6.07) is 3.11. The van der Waals surface area contributed by atoms with E-state index in [1.165, 1.54) is 24.3 Å². The predicted molar refractivity (Wildman–Crippen MR) is 135 cm³/mol. The Morgan fingerprint density at radius 3 is 1.93 bits per heavy atom. The van der Waals surface area contributed by atoms with Gasteiger partial charge in [0.15, 0.2) is 0 Å². The molecular weight excluding hydrogens is 621 g/mol. The van der Waals surface area contributed by atoms with E-state index >= 15 is 0 Å². The van der Waals surface area contributed by atoms with E-state index in [2.05, 4.69) is 10.1 Å². The van der Waals surface area contributed by atoms with Crippen molar-refractivity contribution in [2.24, 2.45) is 5.41 Å². The number of benzene rings is 1. The highest BCUT2D eigenvalue weighted by molar-refractivity contribution is 5.75. The predicted octanol–water partition coefficient (Wildman–Crippen LogP) is 5.82. The van der Waals surface area contributed by atoms with Crippen LogP contribution in [0.4, 0.5) is 50.0 Å². The summed E-state index contributed by atoms with van der Waals surface area (Å²) in [5.74, 6) is -1.29. The summed E-state index contributed by atoms with van der Waals surface area (Å²) in [7, 11) is 0. The first-order valence-corrected chi connectivity index (χ1v) is 13.2. The van der Waals surface area contributed by atoms with Crippen LogP contribution in [0.25, 0.3) is 0 Å². The van der Waals surface area contributed by atoms with Crippen LogP contribution in [0.1, 0.15) is 45.2 Å². The molecule has 44 heavy (non-hydrogen) atoms. The quantitative estimate of drug-likeness (QED) is 0.146. The van der Waals surface area contributed by atoms with E-state index in [0.29, 0.717) is 4.90 Å². The number of halogens is 9. The molecule has 1 aromatic rings. The number of para-hydroxylation sites is 1. The molecule has 1 unspecified atom stereocenters. The number of nitrogens with zero attached hydrogens (tertiary/aromatic N) is 2. The van der Waals surface area contributed by atoms with Crippen molar-refractivity contribution in [1.29, 1.82) is 0 Å². The molecule has 18 heteroatoms. The zero-order chi connectivity index (χ0) is 33.5. The van der Waals surface area contributed by atoms with Crippen LogP contribution in [0.2, 0.25) is 0 Å². The number of piperazine rings is 1. The first kappa shape index (κ1) is 36.8. The molecule has 1 aliphatic rings. The Balaban J connectivity index is 2.00. The van der Waals surface area contributed by atoms with Crippen molar-refractivity contribution in [3.63, 3.8) is 0 Å². The summed E-state index contributed by atoms with van der Waals surface area (Å²) in [6.45, 7) is 1.94. The molecule has 9 nitrogen and oxygen atoms in total. The molecule has 0 radical (unpaired) electrons. The number of anilines is 1. The van der Waals surface area contributed by atoms with E-state index in [-0.39, 0.29) is 30.6 Å². The molecule has 0 saturated carbocycles. The Morgan fingerprint density at radius 1 is 0.841 bits per heavy atom. The van der Waals surface area contributed by atoms with Gasteiger partial charge in [0.2, 0.25) is 6.79 Å². The lowest BCUT2D eigenvalue weighted by molar-refractivity contribution is -0.308. The molecule has 0 aromatic heterocycles. The van der Waals surface area contributed by atoms with Crippen LogP contribution in [0.5, 0.6) is 0 Å². The van der Waals surface area contributed by atoms with E-state index < -0.39 is 87.1 Å². The Hall–Kier alpha value is -3.44. The van der Waals surface area contributed by atoms with Gasteiger partial charge in [-0.25, -0.2) is 4.79 Å². The summed E-state index contributed by atoms with van der Waals surface area (Å²) in [5, 5.41) is 2.81. The largest absolute Gasteiger partial charge is 0.434 e. The number of carbonyl (C=O) groups is 3. The molecular formula is C26H32F9N3O6. The highest BCUT2D eigenvalue weighted by Gasteiger charge is 2.60. The lowest BCUT2D eigenvalue weighted by atomic mass is 9.98. The number of alkyl halides is 9. The van der Waals surface area contributed by atoms with E-state index in [1.807, 2.05) is 0 Å². The summed E-state index contributed by atoms with van der Waals surface area (Å²) in [6.07, 6.45) is -23.1. The first-order chi connectivity index (χ1) is 20.1. The Kier molecular flexibility index (Phi) is 12.2. The van der Waals surface area contributed by atoms with Gasteiger partial charge in [-0.1, -0.05) is 18.2 Å². The molecule has 250 valence electrons. The molecule has 2 rings (SSSR count). The van der Waals surface area contributed by atoms with E-state index in [0.717, 1.165) is 4.90 Å². The molecule has 1 aromatic carbocycles. The smallest absolute Gasteiger partial charge is 0.428 e. The van der Waals surface area contributed by atoms with E-state index in [9.17, 15) is 53.9 Å². The SMILES string of the molecule is CC(C)(C)C(=O)OCOC(=O)CCCNc1ccccc1C(N1CCN(C(=O)OC(C(F)(F)F)C(F)(F)F)CC1)C(F)(F)F. The van der Waals surface area contributed by atoms with Crippen LogP contribution in [0.3, 0.4) is 0 Å². The van der Waals surface area contributed by atoms with Crippen molar-refractivity contribution in [3.05, 3.63) is 29.8 Å². The van der Waals surface area contributed by atoms with Gasteiger partial charge in [-0.3, -0.25) is 14.5 Å². The van der Waals surface area contributed by atoms with Crippen molar-refractivity contribution in [3.8, 4) is 0 Å². The summed E-state index contributed by atoms with van der Waals surface area (Å²) < 4.78 is 133. The minimum Gasteiger partial charge on any atom is -0.428 e. The third-order valence-corrected chi connectivity index (χ3v) is 6.21. The highest BCUT2D eigenvalue weighted by atomic mass is 19.4. The second-order valence-corrected chi connectivity index (χ2v) is 10.7. The number of carbonyl (C=O) groups excluding carboxylic acids is 3. The Labute approximate surface area is 246 Å². The van der Waals surface area contributed by atoms with Gasteiger partial charge in [-0.2, -0.15) is 39.5 Å². The maximum absolute atomic E-state index is 14.3. The van der Waals surface area contributed by atoms with E-state index in [1.54, 1.807) is 20.8 Å². The third-order valence-electron chi connectivity index (χ3n) is 6.21. The van der Waals surface area contributed by atoms with Crippen LogP contribution in [-0.2, 0) is 23.8 Å². The van der Waals surface area contributed by atoms with Gasteiger partial charge >= 0.3 is 36.6 Å². The van der Waals surface area contributed by atoms with Crippen LogP contribution >= 0.6 is 0 Å². The molecule has 1 atom stereocenters. The zero-order valence-electron chi connectivity index (χ0n) is 23.9. The molecule has 1 saturated heterocycles. The normalized spacial score (nSPS) is 16.0. The van der Waals surface area contributed by atoms with Gasteiger partial charge in [0.1, 0.15) is 6.04 Å². The van der Waals surface area contributed by atoms with Gasteiger partial charge < -0.3 is 24.4 Å². The van der Waals surface area contributed by atoms with Crippen molar-refractivity contribution < 1.29 is 68.1 Å². The number of hydrogen-bond acceptors (Lipinski definition) is 8. The molecule has 1 fully saturated rings. The van der Waals surface area contributed by atoms with Crippen LogP contribution in [0, 0.1) is 5.41 Å². The lowest BCUT2D eigenvalue weighted by Gasteiger charge is -2.40. The second-order valence-electron chi connectivity index (χ2n) is 10.7. The minimum atomic E-state index is -5.94. The van der Waals surface area contributed by atoms with Gasteiger partial charge in [0, 0.05) is 50.4 Å². The maximum Gasteiger partial charge on any atom is 0.434 e. The molecule has 0 spiro atoms. The summed E-state index contributed by atoms with van der Waals surface area (Å²) in [5.41, 5.74) is -0.974. The van der Waals surface area contributed by atoms with Crippen LogP contribution in [-0.4, -0.2) is 92.0 Å². The van der Waals surface area contributed by atoms with Crippen molar-refractivity contribution in [2.45, 2.75) is 64.3 Å². The van der Waals surface area contributed by atoms with Gasteiger partial charge in [0.25, 0.3) is 6.10 Å². The topological polar surface area (TPSA) is 97.4 Å². The molecule has 1 N–H and O–H groups in total. The van der Waals surface area contributed by atoms with E-state index in [4.69, 9.17) is 9.47 Å². The van der Waals surface area contributed by atoms with Crippen LogP contribution in [0.15, 0.2) is 24.3 Å². The fourth-order valence-corrected chi connectivity index (χ4v) is 4.03. The van der Waals surface area contributed by atoms with Gasteiger partial charge in [0.05, 0.1) is 5.41 Å². The standard InChI is InChI=1S/C26H32F9N3O6/c1-23(2,3)21(40)43-15-42-18(39)9-6-10-36-17-8-5-4-7-16(17)19(24(27,28)29)37-11-13-38(14-12-37)22(41)44-20(25(30,31)32)26(33,34)35/h4-5,7-8,19-20,36H,6,9-15H2,1-3H3.